The van der Waals surface area contributed by atoms with Crippen molar-refractivity contribution in [3.63, 3.8) is 0 Å². The molecule has 0 bridgehead atoms. The minimum Gasteiger partial charge on any atom is -0.354 e. The lowest BCUT2D eigenvalue weighted by atomic mass is 10.0. The van der Waals surface area contributed by atoms with Gasteiger partial charge in [-0.15, -0.1) is 0 Å². The van der Waals surface area contributed by atoms with E-state index in [1.54, 1.807) is 24.3 Å². The van der Waals surface area contributed by atoms with E-state index >= 15 is 0 Å². The van der Waals surface area contributed by atoms with Crippen LogP contribution in [0.4, 0.5) is 10.1 Å². The third-order valence-electron chi connectivity index (χ3n) is 6.14. The highest BCUT2D eigenvalue weighted by atomic mass is 35.5. The van der Waals surface area contributed by atoms with Crippen LogP contribution in [0.2, 0.25) is 5.02 Å². The highest BCUT2D eigenvalue weighted by Crippen LogP contribution is 2.21. The third kappa shape index (κ3) is 9.07. The summed E-state index contributed by atoms with van der Waals surface area (Å²) in [6.07, 6.45) is 2.86. The summed E-state index contributed by atoms with van der Waals surface area (Å²) in [5.74, 6) is -1.46. The van der Waals surface area contributed by atoms with Crippen LogP contribution in [0, 0.1) is 5.82 Å². The van der Waals surface area contributed by atoms with Gasteiger partial charge in [-0.05, 0) is 53.9 Å². The Labute approximate surface area is 234 Å². The summed E-state index contributed by atoms with van der Waals surface area (Å²) in [5, 5.41) is 3.39. The molecule has 0 saturated carbocycles. The molecule has 208 valence electrons. The first-order valence-corrected chi connectivity index (χ1v) is 14.9. The third-order valence-corrected chi connectivity index (χ3v) is 7.51. The molecule has 0 aliphatic carbocycles. The predicted octanol–water partition coefficient (Wildman–Crippen LogP) is 4.80. The zero-order chi connectivity index (χ0) is 28.4. The van der Waals surface area contributed by atoms with E-state index in [0.29, 0.717) is 17.1 Å². The van der Waals surface area contributed by atoms with Crippen LogP contribution < -0.4 is 9.62 Å². The number of hydrogen-bond acceptors (Lipinski definition) is 4. The van der Waals surface area contributed by atoms with Crippen molar-refractivity contribution in [3.05, 3.63) is 101 Å². The fraction of sp³-hybridized carbons (Fsp3) is 0.310. The Morgan fingerprint density at radius 1 is 0.974 bits per heavy atom. The standard InChI is InChI=1S/C29H33ClFN3O4S/c1-3-4-17-32-29(36)27(19-22-9-6-5-7-10-22)33(20-23-11-8-12-24(30)18-23)28(35)21-34(39(2,37)38)26-15-13-25(31)14-16-26/h5-16,18,27H,3-4,17,19-21H2,1-2H3,(H,32,36)/t27-/m1/s1. The van der Waals surface area contributed by atoms with E-state index in [2.05, 4.69) is 5.32 Å². The Balaban J connectivity index is 2.02. The van der Waals surface area contributed by atoms with Crippen molar-refractivity contribution in [2.45, 2.75) is 38.8 Å². The molecule has 0 aliphatic heterocycles. The number of rotatable bonds is 13. The Bertz CT molecular complexity index is 1350. The van der Waals surface area contributed by atoms with E-state index in [-0.39, 0.29) is 24.6 Å². The molecule has 3 rings (SSSR count). The molecule has 2 amide bonds. The van der Waals surface area contributed by atoms with Crippen LogP contribution >= 0.6 is 11.6 Å². The number of hydrogen-bond donors (Lipinski definition) is 1. The van der Waals surface area contributed by atoms with Crippen molar-refractivity contribution in [2.24, 2.45) is 0 Å². The predicted molar refractivity (Wildman–Crippen MR) is 152 cm³/mol. The zero-order valence-electron chi connectivity index (χ0n) is 22.0. The number of unbranched alkanes of at least 4 members (excludes halogenated alkanes) is 1. The molecule has 3 aromatic rings. The van der Waals surface area contributed by atoms with Crippen molar-refractivity contribution < 1.29 is 22.4 Å². The van der Waals surface area contributed by atoms with Crippen LogP contribution in [0.25, 0.3) is 0 Å². The summed E-state index contributed by atoms with van der Waals surface area (Å²) in [5.41, 5.74) is 1.67. The molecular formula is C29H33ClFN3O4S. The second kappa shape index (κ2) is 14.1. The first-order chi connectivity index (χ1) is 18.6. The first-order valence-electron chi connectivity index (χ1n) is 12.7. The molecule has 7 nitrogen and oxygen atoms in total. The second-order valence-corrected chi connectivity index (χ2v) is 11.6. The van der Waals surface area contributed by atoms with E-state index in [4.69, 9.17) is 11.6 Å². The quantitative estimate of drug-likeness (QED) is 0.298. The Hall–Kier alpha value is -3.43. The van der Waals surface area contributed by atoms with Crippen LogP contribution in [0.15, 0.2) is 78.9 Å². The lowest BCUT2D eigenvalue weighted by molar-refractivity contribution is -0.140. The number of halogens is 2. The summed E-state index contributed by atoms with van der Waals surface area (Å²) in [6, 6.07) is 20.2. The van der Waals surface area contributed by atoms with E-state index in [9.17, 15) is 22.4 Å². The van der Waals surface area contributed by atoms with E-state index in [1.807, 2.05) is 37.3 Å². The Kier molecular flexibility index (Phi) is 10.9. The number of sulfonamides is 1. The van der Waals surface area contributed by atoms with Crippen LogP contribution in [-0.4, -0.2) is 50.5 Å². The molecule has 0 saturated heterocycles. The van der Waals surface area contributed by atoms with Gasteiger partial charge in [-0.25, -0.2) is 12.8 Å². The Morgan fingerprint density at radius 3 is 2.26 bits per heavy atom. The number of nitrogens with one attached hydrogen (secondary N) is 1. The van der Waals surface area contributed by atoms with Crippen molar-refractivity contribution in [1.82, 2.24) is 10.2 Å². The van der Waals surface area contributed by atoms with E-state index in [1.165, 1.54) is 17.0 Å². The van der Waals surface area contributed by atoms with Gasteiger partial charge in [-0.1, -0.05) is 67.4 Å². The summed E-state index contributed by atoms with van der Waals surface area (Å²) in [6.45, 7) is 1.92. The number of amides is 2. The van der Waals surface area contributed by atoms with E-state index < -0.39 is 34.3 Å². The summed E-state index contributed by atoms with van der Waals surface area (Å²) >= 11 is 6.20. The molecule has 39 heavy (non-hydrogen) atoms. The van der Waals surface area contributed by atoms with Gasteiger partial charge in [-0.2, -0.15) is 0 Å². The molecule has 0 aromatic heterocycles. The monoisotopic (exact) mass is 573 g/mol. The van der Waals surface area contributed by atoms with Crippen molar-refractivity contribution >= 4 is 39.1 Å². The van der Waals surface area contributed by atoms with Gasteiger partial charge in [0, 0.05) is 24.5 Å². The molecule has 0 radical (unpaired) electrons. The second-order valence-electron chi connectivity index (χ2n) is 9.25. The zero-order valence-corrected chi connectivity index (χ0v) is 23.6. The lowest BCUT2D eigenvalue weighted by Crippen LogP contribution is -2.53. The SMILES string of the molecule is CCCCNC(=O)[C@@H](Cc1ccccc1)N(Cc1cccc(Cl)c1)C(=O)CN(c1ccc(F)cc1)S(C)(=O)=O. The highest BCUT2D eigenvalue weighted by Gasteiger charge is 2.33. The first kappa shape index (κ1) is 30.1. The Morgan fingerprint density at radius 2 is 1.64 bits per heavy atom. The molecule has 1 N–H and O–H groups in total. The topological polar surface area (TPSA) is 86.8 Å². The molecule has 0 heterocycles. The maximum Gasteiger partial charge on any atom is 0.244 e. The smallest absolute Gasteiger partial charge is 0.244 e. The van der Waals surface area contributed by atoms with Crippen LogP contribution in [-0.2, 0) is 32.6 Å². The van der Waals surface area contributed by atoms with Gasteiger partial charge < -0.3 is 10.2 Å². The molecule has 3 aromatic carbocycles. The van der Waals surface area contributed by atoms with Gasteiger partial charge in [0.1, 0.15) is 18.4 Å². The average molecular weight is 574 g/mol. The molecule has 0 fully saturated rings. The minimum atomic E-state index is -3.92. The maximum atomic E-state index is 13.9. The molecule has 10 heteroatoms. The number of carbonyl (C=O) groups is 2. The fourth-order valence-electron chi connectivity index (χ4n) is 4.11. The average Bonchev–Trinajstić information content (AvgIpc) is 2.90. The minimum absolute atomic E-state index is 0.0269. The van der Waals surface area contributed by atoms with Crippen LogP contribution in [0.5, 0.6) is 0 Å². The molecular weight excluding hydrogens is 541 g/mol. The van der Waals surface area contributed by atoms with Crippen molar-refractivity contribution in [1.29, 1.82) is 0 Å². The summed E-state index contributed by atoms with van der Waals surface area (Å²) < 4.78 is 39.9. The van der Waals surface area contributed by atoms with Crippen LogP contribution in [0.1, 0.15) is 30.9 Å². The molecule has 0 unspecified atom stereocenters. The fourth-order valence-corrected chi connectivity index (χ4v) is 5.18. The maximum absolute atomic E-state index is 13.9. The highest BCUT2D eigenvalue weighted by molar-refractivity contribution is 7.92. The van der Waals surface area contributed by atoms with Gasteiger partial charge >= 0.3 is 0 Å². The molecule has 0 aliphatic rings. The van der Waals surface area contributed by atoms with Gasteiger partial charge in [0.2, 0.25) is 21.8 Å². The summed E-state index contributed by atoms with van der Waals surface area (Å²) in [4.78, 5) is 28.8. The largest absolute Gasteiger partial charge is 0.354 e. The number of benzene rings is 3. The van der Waals surface area contributed by atoms with E-state index in [0.717, 1.165) is 41.1 Å². The number of carbonyl (C=O) groups excluding carboxylic acids is 2. The van der Waals surface area contributed by atoms with Crippen LogP contribution in [0.3, 0.4) is 0 Å². The van der Waals surface area contributed by atoms with Gasteiger partial charge in [-0.3, -0.25) is 13.9 Å². The van der Waals surface area contributed by atoms with Crippen molar-refractivity contribution in [3.8, 4) is 0 Å². The number of anilines is 1. The number of nitrogens with zero attached hydrogens (tertiary/aromatic N) is 2. The van der Waals surface area contributed by atoms with Gasteiger partial charge in [0.05, 0.1) is 11.9 Å². The van der Waals surface area contributed by atoms with Crippen molar-refractivity contribution in [2.75, 3.05) is 23.7 Å². The molecule has 0 spiro atoms. The van der Waals surface area contributed by atoms with Gasteiger partial charge in [0.15, 0.2) is 0 Å². The molecule has 1 atom stereocenters. The lowest BCUT2D eigenvalue weighted by Gasteiger charge is -2.33. The van der Waals surface area contributed by atoms with Gasteiger partial charge in [0.25, 0.3) is 0 Å². The normalized spacial score (nSPS) is 12.0. The summed E-state index contributed by atoms with van der Waals surface area (Å²) in [7, 11) is -3.92.